The monoisotopic (exact) mass is 307 g/mol. The standard InChI is InChI=1S/C12H21NO6S/c1-4-18-10(14)6-9(12(16)19-5-2)20-7-8(13)11(15)17-3/h8-9H,4-7,13H2,1-3H3. The maximum absolute atomic E-state index is 11.7. The van der Waals surface area contributed by atoms with Crippen LogP contribution < -0.4 is 5.73 Å². The van der Waals surface area contributed by atoms with E-state index in [-0.39, 0.29) is 25.4 Å². The summed E-state index contributed by atoms with van der Waals surface area (Å²) in [6.07, 6.45) is -0.120. The summed E-state index contributed by atoms with van der Waals surface area (Å²) < 4.78 is 14.2. The Balaban J connectivity index is 4.49. The first-order valence-electron chi connectivity index (χ1n) is 6.23. The highest BCUT2D eigenvalue weighted by atomic mass is 32.2. The van der Waals surface area contributed by atoms with Gasteiger partial charge >= 0.3 is 17.9 Å². The summed E-state index contributed by atoms with van der Waals surface area (Å²) in [6.45, 7) is 3.80. The Bertz CT molecular complexity index is 336. The Labute approximate surface area is 122 Å². The summed E-state index contributed by atoms with van der Waals surface area (Å²) in [7, 11) is 1.23. The topological polar surface area (TPSA) is 105 Å². The minimum Gasteiger partial charge on any atom is -0.468 e. The van der Waals surface area contributed by atoms with Gasteiger partial charge in [-0.2, -0.15) is 0 Å². The molecule has 20 heavy (non-hydrogen) atoms. The molecule has 0 rings (SSSR count). The molecular formula is C12H21NO6S. The molecule has 0 aliphatic heterocycles. The van der Waals surface area contributed by atoms with Crippen LogP contribution in [0.4, 0.5) is 0 Å². The number of hydrogen-bond acceptors (Lipinski definition) is 8. The van der Waals surface area contributed by atoms with Gasteiger partial charge in [0.05, 0.1) is 26.7 Å². The van der Waals surface area contributed by atoms with Gasteiger partial charge in [0.25, 0.3) is 0 Å². The molecule has 2 atom stereocenters. The summed E-state index contributed by atoms with van der Waals surface area (Å²) in [6, 6.07) is -0.857. The molecule has 0 saturated carbocycles. The third-order valence-electron chi connectivity index (χ3n) is 2.19. The van der Waals surface area contributed by atoms with E-state index in [1.807, 2.05) is 0 Å². The molecular weight excluding hydrogens is 286 g/mol. The summed E-state index contributed by atoms with van der Waals surface area (Å²) >= 11 is 1.07. The van der Waals surface area contributed by atoms with E-state index in [9.17, 15) is 14.4 Å². The lowest BCUT2D eigenvalue weighted by molar-refractivity contribution is -0.149. The average Bonchev–Trinajstić information content (AvgIpc) is 2.42. The van der Waals surface area contributed by atoms with Gasteiger partial charge in [-0.1, -0.05) is 0 Å². The molecule has 0 bridgehead atoms. The number of nitrogens with two attached hydrogens (primary N) is 1. The zero-order valence-electron chi connectivity index (χ0n) is 11.9. The molecule has 0 saturated heterocycles. The lowest BCUT2D eigenvalue weighted by Gasteiger charge is -2.16. The Morgan fingerprint density at radius 3 is 2.20 bits per heavy atom. The van der Waals surface area contributed by atoms with Crippen molar-refractivity contribution in [3.63, 3.8) is 0 Å². The highest BCUT2D eigenvalue weighted by Gasteiger charge is 2.26. The first-order chi connectivity index (χ1) is 9.46. The molecule has 0 aromatic carbocycles. The van der Waals surface area contributed by atoms with Gasteiger partial charge in [0, 0.05) is 5.75 Å². The maximum atomic E-state index is 11.7. The summed E-state index contributed by atoms with van der Waals surface area (Å²) in [5.74, 6) is -1.45. The molecule has 2 unspecified atom stereocenters. The highest BCUT2D eigenvalue weighted by molar-refractivity contribution is 8.00. The van der Waals surface area contributed by atoms with Gasteiger partial charge in [-0.3, -0.25) is 14.4 Å². The van der Waals surface area contributed by atoms with Crippen molar-refractivity contribution in [2.24, 2.45) is 5.73 Å². The van der Waals surface area contributed by atoms with Crippen molar-refractivity contribution >= 4 is 29.7 Å². The molecule has 0 aliphatic rings. The van der Waals surface area contributed by atoms with Crippen LogP contribution in [0.1, 0.15) is 20.3 Å². The van der Waals surface area contributed by atoms with E-state index in [4.69, 9.17) is 15.2 Å². The molecule has 2 N–H and O–H groups in total. The molecule has 0 spiro atoms. The molecule has 0 fully saturated rings. The molecule has 7 nitrogen and oxygen atoms in total. The lowest BCUT2D eigenvalue weighted by atomic mass is 10.3. The van der Waals surface area contributed by atoms with Crippen molar-refractivity contribution in [1.82, 2.24) is 0 Å². The second kappa shape index (κ2) is 10.5. The summed E-state index contributed by atoms with van der Waals surface area (Å²) in [4.78, 5) is 34.3. The van der Waals surface area contributed by atoms with E-state index in [1.165, 1.54) is 7.11 Å². The number of methoxy groups -OCH3 is 1. The van der Waals surface area contributed by atoms with E-state index in [0.717, 1.165) is 11.8 Å². The Kier molecular flexibility index (Phi) is 9.83. The van der Waals surface area contributed by atoms with Crippen LogP contribution in [0.3, 0.4) is 0 Å². The van der Waals surface area contributed by atoms with Crippen molar-refractivity contribution in [1.29, 1.82) is 0 Å². The number of thioether (sulfide) groups is 1. The number of rotatable bonds is 9. The third-order valence-corrected chi connectivity index (χ3v) is 3.50. The van der Waals surface area contributed by atoms with Crippen molar-refractivity contribution in [2.45, 2.75) is 31.6 Å². The third kappa shape index (κ3) is 7.34. The molecule has 8 heteroatoms. The Morgan fingerprint density at radius 2 is 1.70 bits per heavy atom. The van der Waals surface area contributed by atoms with Gasteiger partial charge in [-0.05, 0) is 13.8 Å². The number of carbonyl (C=O) groups is 3. The summed E-state index contributed by atoms with van der Waals surface area (Å²) in [5.41, 5.74) is 5.58. The maximum Gasteiger partial charge on any atom is 0.323 e. The normalized spacial score (nSPS) is 13.2. The first kappa shape index (κ1) is 18.7. The number of carbonyl (C=O) groups excluding carboxylic acids is 3. The summed E-state index contributed by atoms with van der Waals surface area (Å²) in [5, 5.41) is -0.746. The second-order valence-corrected chi connectivity index (χ2v) is 4.95. The lowest BCUT2D eigenvalue weighted by Crippen LogP contribution is -2.36. The predicted molar refractivity (Wildman–Crippen MR) is 74.1 cm³/mol. The largest absolute Gasteiger partial charge is 0.468 e. The van der Waals surface area contributed by atoms with Crippen LogP contribution in [0.15, 0.2) is 0 Å². The average molecular weight is 307 g/mol. The fourth-order valence-electron chi connectivity index (χ4n) is 1.26. The van der Waals surface area contributed by atoms with E-state index in [2.05, 4.69) is 4.74 Å². The zero-order valence-corrected chi connectivity index (χ0v) is 12.7. The number of ether oxygens (including phenoxy) is 3. The molecule has 0 heterocycles. The number of hydrogen-bond donors (Lipinski definition) is 1. The molecule has 0 aromatic heterocycles. The smallest absolute Gasteiger partial charge is 0.323 e. The van der Waals surface area contributed by atoms with Crippen molar-refractivity contribution in [3.05, 3.63) is 0 Å². The molecule has 0 aromatic rings. The van der Waals surface area contributed by atoms with Crippen LogP contribution in [0.25, 0.3) is 0 Å². The van der Waals surface area contributed by atoms with Gasteiger partial charge in [0.2, 0.25) is 0 Å². The first-order valence-corrected chi connectivity index (χ1v) is 7.28. The van der Waals surface area contributed by atoms with Gasteiger partial charge < -0.3 is 19.9 Å². The fraction of sp³-hybridized carbons (Fsp3) is 0.750. The van der Waals surface area contributed by atoms with Crippen LogP contribution in [-0.2, 0) is 28.6 Å². The van der Waals surface area contributed by atoms with Gasteiger partial charge in [0.1, 0.15) is 11.3 Å². The van der Waals surface area contributed by atoms with E-state index < -0.39 is 29.2 Å². The van der Waals surface area contributed by atoms with E-state index in [1.54, 1.807) is 13.8 Å². The van der Waals surface area contributed by atoms with Crippen LogP contribution in [0.5, 0.6) is 0 Å². The second-order valence-electron chi connectivity index (χ2n) is 3.71. The molecule has 116 valence electrons. The van der Waals surface area contributed by atoms with Crippen LogP contribution in [0, 0.1) is 0 Å². The Hall–Kier alpha value is -1.28. The van der Waals surface area contributed by atoms with Crippen LogP contribution >= 0.6 is 11.8 Å². The fourth-order valence-corrected chi connectivity index (χ4v) is 2.29. The quantitative estimate of drug-likeness (QED) is 0.472. The Morgan fingerprint density at radius 1 is 1.10 bits per heavy atom. The van der Waals surface area contributed by atoms with Crippen LogP contribution in [0.2, 0.25) is 0 Å². The van der Waals surface area contributed by atoms with Gasteiger partial charge in [0.15, 0.2) is 0 Å². The minimum atomic E-state index is -0.857. The van der Waals surface area contributed by atoms with Crippen LogP contribution in [-0.4, -0.2) is 55.3 Å². The minimum absolute atomic E-state index is 0.120. The van der Waals surface area contributed by atoms with Crippen molar-refractivity contribution in [3.8, 4) is 0 Å². The molecule has 0 radical (unpaired) electrons. The van der Waals surface area contributed by atoms with E-state index in [0.29, 0.717) is 0 Å². The van der Waals surface area contributed by atoms with E-state index >= 15 is 0 Å². The zero-order chi connectivity index (χ0) is 15.5. The predicted octanol–water partition coefficient (Wildman–Crippen LogP) is 0.105. The number of esters is 3. The SMILES string of the molecule is CCOC(=O)CC(SCC(N)C(=O)OC)C(=O)OCC. The molecule has 0 aliphatic carbocycles. The van der Waals surface area contributed by atoms with Gasteiger partial charge in [-0.25, -0.2) is 0 Å². The van der Waals surface area contributed by atoms with Crippen molar-refractivity contribution in [2.75, 3.05) is 26.1 Å². The highest BCUT2D eigenvalue weighted by Crippen LogP contribution is 2.18. The molecule has 0 amide bonds. The van der Waals surface area contributed by atoms with Crippen molar-refractivity contribution < 1.29 is 28.6 Å². The van der Waals surface area contributed by atoms with Gasteiger partial charge in [-0.15, -0.1) is 11.8 Å².